The summed E-state index contributed by atoms with van der Waals surface area (Å²) in [4.78, 5) is 0. The van der Waals surface area contributed by atoms with Crippen LogP contribution in [0.25, 0.3) is 93.6 Å². The summed E-state index contributed by atoms with van der Waals surface area (Å²) in [6.07, 6.45) is 0. The van der Waals surface area contributed by atoms with Gasteiger partial charge in [0.15, 0.2) is 0 Å². The number of rotatable bonds is 4. The van der Waals surface area contributed by atoms with Gasteiger partial charge in [0.2, 0.25) is 0 Å². The highest BCUT2D eigenvalue weighted by Gasteiger charge is 2.18. The molecule has 0 aliphatic carbocycles. The second-order valence-corrected chi connectivity index (χ2v) is 14.4. The Balaban J connectivity index is 1.16. The fourth-order valence-corrected chi connectivity index (χ4v) is 8.72. The van der Waals surface area contributed by atoms with Gasteiger partial charge in [0.25, 0.3) is 0 Å². The van der Waals surface area contributed by atoms with Crippen molar-refractivity contribution in [3.05, 3.63) is 187 Å². The maximum absolute atomic E-state index is 2.46. The molecule has 3 aromatic heterocycles. The van der Waals surface area contributed by atoms with E-state index in [9.17, 15) is 0 Å². The summed E-state index contributed by atoms with van der Waals surface area (Å²) in [7, 11) is 0. The van der Waals surface area contributed by atoms with Gasteiger partial charge < -0.3 is 13.7 Å². The Hall–Kier alpha value is -6.84. The molecule has 11 rings (SSSR count). The van der Waals surface area contributed by atoms with Crippen LogP contribution in [0.5, 0.6) is 0 Å². The van der Waals surface area contributed by atoms with Crippen molar-refractivity contribution in [1.29, 1.82) is 0 Å². The smallest absolute Gasteiger partial charge is 0.0561 e. The van der Waals surface area contributed by atoms with E-state index in [0.717, 1.165) is 11.4 Å². The molecule has 0 saturated heterocycles. The van der Waals surface area contributed by atoms with Gasteiger partial charge in [0.05, 0.1) is 33.1 Å². The summed E-state index contributed by atoms with van der Waals surface area (Å²) in [6, 6.07) is 64.8. The molecule has 3 nitrogen and oxygen atoms in total. The number of hydrogen-bond donors (Lipinski definition) is 0. The molecule has 0 radical (unpaired) electrons. The van der Waals surface area contributed by atoms with Gasteiger partial charge in [-0.1, -0.05) is 108 Å². The van der Waals surface area contributed by atoms with Crippen LogP contribution in [0.2, 0.25) is 0 Å². The van der Waals surface area contributed by atoms with E-state index in [0.29, 0.717) is 0 Å². The van der Waals surface area contributed by atoms with Gasteiger partial charge in [-0.25, -0.2) is 0 Å². The molecular weight excluding hydrogens is 643 g/mol. The minimum Gasteiger partial charge on any atom is -0.309 e. The third kappa shape index (κ3) is 4.47. The van der Waals surface area contributed by atoms with E-state index in [2.05, 4.69) is 203 Å². The van der Waals surface area contributed by atoms with E-state index in [1.807, 2.05) is 0 Å². The molecule has 0 spiro atoms. The monoisotopic (exact) mass is 677 g/mol. The van der Waals surface area contributed by atoms with E-state index < -0.39 is 0 Å². The molecule has 3 heteroatoms. The Bertz CT molecular complexity index is 3230. The lowest BCUT2D eigenvalue weighted by molar-refractivity contribution is 1.15. The van der Waals surface area contributed by atoms with Crippen molar-refractivity contribution in [1.82, 2.24) is 13.7 Å². The van der Waals surface area contributed by atoms with Crippen LogP contribution in [0, 0.1) is 13.8 Å². The van der Waals surface area contributed by atoms with Gasteiger partial charge >= 0.3 is 0 Å². The standard InChI is InChI=1S/C50H35N3/c1-32-17-25-46-43(27-32)41-22-19-34(29-48(41)52(46)37-13-7-4-8-14-37)35-20-23-42-44-28-33(2)18-26-47(44)53(49(42)30-35)38-21-24-40-39-15-9-10-16-45(39)51(50(40)31-38)36-11-5-3-6-12-36/h3-31H,1-2H3. The summed E-state index contributed by atoms with van der Waals surface area (Å²) in [5.41, 5.74) is 15.7. The summed E-state index contributed by atoms with van der Waals surface area (Å²) in [5, 5.41) is 7.59. The molecule has 0 fully saturated rings. The van der Waals surface area contributed by atoms with Crippen LogP contribution in [0.3, 0.4) is 0 Å². The summed E-state index contributed by atoms with van der Waals surface area (Å²) in [6.45, 7) is 4.36. The third-order valence-electron chi connectivity index (χ3n) is 11.1. The number of aryl methyl sites for hydroxylation is 2. The first-order valence-electron chi connectivity index (χ1n) is 18.4. The first-order valence-corrected chi connectivity index (χ1v) is 18.4. The van der Waals surface area contributed by atoms with Crippen LogP contribution < -0.4 is 0 Å². The quantitative estimate of drug-likeness (QED) is 0.176. The van der Waals surface area contributed by atoms with Gasteiger partial charge in [0, 0.05) is 49.4 Å². The van der Waals surface area contributed by atoms with Crippen molar-refractivity contribution in [2.24, 2.45) is 0 Å². The van der Waals surface area contributed by atoms with E-state index in [-0.39, 0.29) is 0 Å². The van der Waals surface area contributed by atoms with E-state index in [1.54, 1.807) is 0 Å². The van der Waals surface area contributed by atoms with E-state index in [4.69, 9.17) is 0 Å². The zero-order valence-corrected chi connectivity index (χ0v) is 29.6. The number of para-hydroxylation sites is 3. The normalized spacial score (nSPS) is 12.0. The van der Waals surface area contributed by atoms with Crippen molar-refractivity contribution in [2.45, 2.75) is 13.8 Å². The van der Waals surface area contributed by atoms with Gasteiger partial charge in [-0.3, -0.25) is 0 Å². The lowest BCUT2D eigenvalue weighted by Crippen LogP contribution is -1.97. The SMILES string of the molecule is Cc1ccc2c(c1)c1ccc(-c3ccc4c5cc(C)ccc5n(-c5ccc6c7ccccc7n(-c7ccccc7)c6c5)c4c3)cc1n2-c1ccccc1. The number of hydrogen-bond acceptors (Lipinski definition) is 0. The van der Waals surface area contributed by atoms with Crippen LogP contribution in [0.4, 0.5) is 0 Å². The molecule has 0 bridgehead atoms. The number of fused-ring (bicyclic) bond motifs is 9. The van der Waals surface area contributed by atoms with Crippen molar-refractivity contribution in [2.75, 3.05) is 0 Å². The molecule has 0 amide bonds. The molecule has 250 valence electrons. The fraction of sp³-hybridized carbons (Fsp3) is 0.0400. The Morgan fingerprint density at radius 2 is 0.679 bits per heavy atom. The molecule has 0 N–H and O–H groups in total. The number of benzene rings is 8. The molecule has 0 aliphatic rings. The highest BCUT2D eigenvalue weighted by atomic mass is 15.0. The molecule has 0 aliphatic heterocycles. The molecule has 8 aromatic carbocycles. The van der Waals surface area contributed by atoms with E-state index in [1.165, 1.54) is 93.4 Å². The summed E-state index contributed by atoms with van der Waals surface area (Å²) >= 11 is 0. The van der Waals surface area contributed by atoms with Gasteiger partial charge in [-0.15, -0.1) is 0 Å². The number of nitrogens with zero attached hydrogens (tertiary/aromatic N) is 3. The highest BCUT2D eigenvalue weighted by Crippen LogP contribution is 2.40. The maximum Gasteiger partial charge on any atom is 0.0561 e. The minimum atomic E-state index is 1.15. The predicted molar refractivity (Wildman–Crippen MR) is 224 cm³/mol. The Morgan fingerprint density at radius 1 is 0.264 bits per heavy atom. The molecule has 3 heterocycles. The van der Waals surface area contributed by atoms with Crippen LogP contribution in [-0.4, -0.2) is 13.7 Å². The van der Waals surface area contributed by atoms with E-state index >= 15 is 0 Å². The molecule has 11 aromatic rings. The Labute approximate surface area is 307 Å². The lowest BCUT2D eigenvalue weighted by Gasteiger charge is -2.12. The van der Waals surface area contributed by atoms with Crippen molar-refractivity contribution < 1.29 is 0 Å². The molecular formula is C50H35N3. The van der Waals surface area contributed by atoms with Crippen molar-refractivity contribution in [3.63, 3.8) is 0 Å². The van der Waals surface area contributed by atoms with Crippen LogP contribution in [-0.2, 0) is 0 Å². The predicted octanol–water partition coefficient (Wildman–Crippen LogP) is 13.3. The zero-order valence-electron chi connectivity index (χ0n) is 29.6. The van der Waals surface area contributed by atoms with Crippen molar-refractivity contribution >= 4 is 65.4 Å². The fourth-order valence-electron chi connectivity index (χ4n) is 8.72. The lowest BCUT2D eigenvalue weighted by atomic mass is 10.0. The number of aromatic nitrogens is 3. The Morgan fingerprint density at radius 3 is 1.25 bits per heavy atom. The van der Waals surface area contributed by atoms with Gasteiger partial charge in [0.1, 0.15) is 0 Å². The van der Waals surface area contributed by atoms with Crippen LogP contribution in [0.1, 0.15) is 11.1 Å². The molecule has 0 saturated carbocycles. The van der Waals surface area contributed by atoms with Crippen molar-refractivity contribution in [3.8, 4) is 28.2 Å². The van der Waals surface area contributed by atoms with Crippen LogP contribution >= 0.6 is 0 Å². The Kier molecular flexibility index (Phi) is 6.38. The van der Waals surface area contributed by atoms with Gasteiger partial charge in [-0.2, -0.15) is 0 Å². The third-order valence-corrected chi connectivity index (χ3v) is 11.1. The minimum absolute atomic E-state index is 1.15. The molecule has 0 unspecified atom stereocenters. The summed E-state index contributed by atoms with van der Waals surface area (Å²) < 4.78 is 7.27. The molecule has 0 atom stereocenters. The second-order valence-electron chi connectivity index (χ2n) is 14.4. The maximum atomic E-state index is 2.46. The summed E-state index contributed by atoms with van der Waals surface area (Å²) in [5.74, 6) is 0. The first kappa shape index (κ1) is 29.8. The van der Waals surface area contributed by atoms with Gasteiger partial charge in [-0.05, 0) is 104 Å². The topological polar surface area (TPSA) is 14.8 Å². The first-order chi connectivity index (χ1) is 26.1. The highest BCUT2D eigenvalue weighted by molar-refractivity contribution is 6.14. The largest absolute Gasteiger partial charge is 0.309 e. The van der Waals surface area contributed by atoms with Crippen LogP contribution in [0.15, 0.2) is 176 Å². The average Bonchev–Trinajstić information content (AvgIpc) is 3.82. The second kappa shape index (κ2) is 11.3. The zero-order chi connectivity index (χ0) is 35.2. The average molecular weight is 678 g/mol. The molecule has 53 heavy (non-hydrogen) atoms.